The summed E-state index contributed by atoms with van der Waals surface area (Å²) in [5.74, 6) is 1.68. The van der Waals surface area contributed by atoms with Crippen LogP contribution >= 0.6 is 24.0 Å². The average molecular weight is 499 g/mol. The van der Waals surface area contributed by atoms with Crippen molar-refractivity contribution in [1.29, 1.82) is 0 Å². The van der Waals surface area contributed by atoms with E-state index in [1.165, 1.54) is 18.5 Å². The smallest absolute Gasteiger partial charge is 0.226 e. The first-order chi connectivity index (χ1) is 13.2. The minimum absolute atomic E-state index is 0. The van der Waals surface area contributed by atoms with E-state index in [0.29, 0.717) is 31.4 Å². The van der Waals surface area contributed by atoms with Crippen LogP contribution in [0.5, 0.6) is 0 Å². The van der Waals surface area contributed by atoms with Gasteiger partial charge in [0.1, 0.15) is 30.8 Å². The highest BCUT2D eigenvalue weighted by Gasteiger charge is 2.07. The zero-order valence-corrected chi connectivity index (χ0v) is 18.1. The molecule has 28 heavy (non-hydrogen) atoms. The molecule has 10 heteroatoms. The number of nitrogens with one attached hydrogen (secondary N) is 2. The van der Waals surface area contributed by atoms with Crippen LogP contribution in [0.2, 0.25) is 0 Å². The van der Waals surface area contributed by atoms with Crippen molar-refractivity contribution in [3.05, 3.63) is 54.2 Å². The van der Waals surface area contributed by atoms with Crippen LogP contribution in [0.1, 0.15) is 18.4 Å². The molecule has 0 atom stereocenters. The predicted molar refractivity (Wildman–Crippen MR) is 115 cm³/mol. The summed E-state index contributed by atoms with van der Waals surface area (Å²) in [5, 5.41) is 10.5. The normalized spacial score (nSPS) is 11.2. The Hall–Kier alpha value is -2.50. The number of aliphatic imine (C=N–C) groups is 1. The van der Waals surface area contributed by atoms with E-state index in [-0.39, 0.29) is 29.8 Å². The maximum atomic E-state index is 13.0. The summed E-state index contributed by atoms with van der Waals surface area (Å²) in [5.41, 5.74) is 1.56. The summed E-state index contributed by atoms with van der Waals surface area (Å²) in [6.45, 7) is 3.83. The summed E-state index contributed by atoms with van der Waals surface area (Å²) in [7, 11) is 1.83. The second-order valence-corrected chi connectivity index (χ2v) is 5.82. The fourth-order valence-corrected chi connectivity index (χ4v) is 2.41. The molecule has 0 aliphatic heterocycles. The van der Waals surface area contributed by atoms with E-state index in [0.717, 1.165) is 23.6 Å². The number of halogens is 2. The van der Waals surface area contributed by atoms with E-state index >= 15 is 0 Å². The Morgan fingerprint density at radius 3 is 2.71 bits per heavy atom. The lowest BCUT2D eigenvalue weighted by Crippen LogP contribution is -2.38. The van der Waals surface area contributed by atoms with Gasteiger partial charge in [-0.25, -0.2) is 19.4 Å². The predicted octanol–water partition coefficient (Wildman–Crippen LogP) is 2.53. The molecule has 0 aliphatic rings. The highest BCUT2D eigenvalue weighted by molar-refractivity contribution is 14.0. The van der Waals surface area contributed by atoms with Crippen molar-refractivity contribution in [2.45, 2.75) is 19.9 Å². The Morgan fingerprint density at radius 2 is 2.04 bits per heavy atom. The molecule has 0 aliphatic carbocycles. The standard InChI is InChI=1S/C18H22FN7O.HI/c1-3-20-18(22-10-16-23-12-24-26(16)2)21-9-8-15-11-27-17(25-15)13-4-6-14(19)7-5-13;/h4-7,11-12H,3,8-10H2,1-2H3,(H2,20,21,22);1H. The fourth-order valence-electron chi connectivity index (χ4n) is 2.41. The first-order valence-electron chi connectivity index (χ1n) is 8.71. The van der Waals surface area contributed by atoms with Crippen molar-refractivity contribution in [2.24, 2.45) is 12.0 Å². The van der Waals surface area contributed by atoms with Crippen molar-refractivity contribution in [1.82, 2.24) is 30.4 Å². The molecule has 0 unspecified atom stereocenters. The lowest BCUT2D eigenvalue weighted by Gasteiger charge is -2.10. The van der Waals surface area contributed by atoms with Crippen LogP contribution in [-0.2, 0) is 20.0 Å². The minimum atomic E-state index is -0.286. The van der Waals surface area contributed by atoms with E-state index in [9.17, 15) is 4.39 Å². The van der Waals surface area contributed by atoms with Crippen LogP contribution in [0.15, 0.2) is 46.3 Å². The van der Waals surface area contributed by atoms with Gasteiger partial charge in [-0.15, -0.1) is 24.0 Å². The van der Waals surface area contributed by atoms with E-state index in [2.05, 4.69) is 30.7 Å². The maximum Gasteiger partial charge on any atom is 0.226 e. The van der Waals surface area contributed by atoms with Gasteiger partial charge >= 0.3 is 0 Å². The van der Waals surface area contributed by atoms with Crippen LogP contribution in [0.3, 0.4) is 0 Å². The van der Waals surface area contributed by atoms with E-state index in [4.69, 9.17) is 4.42 Å². The third-order valence-electron chi connectivity index (χ3n) is 3.84. The third kappa shape index (κ3) is 6.01. The molecule has 1 aromatic carbocycles. The largest absolute Gasteiger partial charge is 0.444 e. The molecule has 0 spiro atoms. The summed E-state index contributed by atoms with van der Waals surface area (Å²) in [4.78, 5) is 13.1. The van der Waals surface area contributed by atoms with Gasteiger partial charge in [-0.1, -0.05) is 0 Å². The van der Waals surface area contributed by atoms with Crippen LogP contribution in [0.4, 0.5) is 4.39 Å². The number of aromatic nitrogens is 4. The van der Waals surface area contributed by atoms with Crippen LogP contribution in [-0.4, -0.2) is 38.8 Å². The number of nitrogens with zero attached hydrogens (tertiary/aromatic N) is 5. The number of oxazole rings is 1. The van der Waals surface area contributed by atoms with Crippen molar-refractivity contribution < 1.29 is 8.81 Å². The molecule has 150 valence electrons. The number of hydrogen-bond acceptors (Lipinski definition) is 5. The van der Waals surface area contributed by atoms with Crippen LogP contribution < -0.4 is 10.6 Å². The monoisotopic (exact) mass is 499 g/mol. The lowest BCUT2D eigenvalue weighted by molar-refractivity contribution is 0.571. The first-order valence-corrected chi connectivity index (χ1v) is 8.71. The second-order valence-electron chi connectivity index (χ2n) is 5.82. The number of rotatable bonds is 7. The van der Waals surface area contributed by atoms with Gasteiger partial charge in [0.05, 0.1) is 5.69 Å². The van der Waals surface area contributed by atoms with Crippen molar-refractivity contribution in [3.8, 4) is 11.5 Å². The Bertz CT molecular complexity index is 891. The third-order valence-corrected chi connectivity index (χ3v) is 3.84. The molecule has 0 amide bonds. The van der Waals surface area contributed by atoms with Crippen LogP contribution in [0.25, 0.3) is 11.5 Å². The quantitative estimate of drug-likeness (QED) is 0.295. The number of hydrogen-bond donors (Lipinski definition) is 2. The zero-order valence-electron chi connectivity index (χ0n) is 15.7. The van der Waals surface area contributed by atoms with Crippen LogP contribution in [0, 0.1) is 5.82 Å². The van der Waals surface area contributed by atoms with Gasteiger partial charge < -0.3 is 15.1 Å². The van der Waals surface area contributed by atoms with Gasteiger partial charge in [-0.3, -0.25) is 4.68 Å². The number of guanidine groups is 1. The molecule has 2 aromatic heterocycles. The molecule has 2 heterocycles. The molecule has 0 bridgehead atoms. The van der Waals surface area contributed by atoms with Gasteiger partial charge in [0.15, 0.2) is 5.96 Å². The Balaban J connectivity index is 0.00000280. The Kier molecular flexibility index (Phi) is 8.36. The summed E-state index contributed by atoms with van der Waals surface area (Å²) in [6.07, 6.45) is 3.79. The zero-order chi connectivity index (χ0) is 19.1. The highest BCUT2D eigenvalue weighted by Crippen LogP contribution is 2.18. The molecule has 0 saturated carbocycles. The topological polar surface area (TPSA) is 93.2 Å². The van der Waals surface area contributed by atoms with Crippen molar-refractivity contribution in [2.75, 3.05) is 13.1 Å². The molecular formula is C18H23FIN7O. The molecule has 0 saturated heterocycles. The van der Waals surface area contributed by atoms with Crippen molar-refractivity contribution in [3.63, 3.8) is 0 Å². The lowest BCUT2D eigenvalue weighted by atomic mass is 10.2. The van der Waals surface area contributed by atoms with E-state index in [1.807, 2.05) is 14.0 Å². The molecule has 0 radical (unpaired) electrons. The van der Waals surface area contributed by atoms with Gasteiger partial charge in [0, 0.05) is 32.1 Å². The molecule has 0 fully saturated rings. The molecular weight excluding hydrogens is 476 g/mol. The SMILES string of the molecule is CCNC(=NCc1ncnn1C)NCCc1coc(-c2ccc(F)cc2)n1.I. The van der Waals surface area contributed by atoms with Gasteiger partial charge in [-0.05, 0) is 31.2 Å². The summed E-state index contributed by atoms with van der Waals surface area (Å²) >= 11 is 0. The minimum Gasteiger partial charge on any atom is -0.444 e. The highest BCUT2D eigenvalue weighted by atomic mass is 127. The molecule has 3 rings (SSSR count). The Morgan fingerprint density at radius 1 is 1.25 bits per heavy atom. The average Bonchev–Trinajstić information content (AvgIpc) is 3.29. The fraction of sp³-hybridized carbons (Fsp3) is 0.333. The van der Waals surface area contributed by atoms with E-state index in [1.54, 1.807) is 23.1 Å². The second kappa shape index (κ2) is 10.7. The maximum absolute atomic E-state index is 13.0. The van der Waals surface area contributed by atoms with E-state index < -0.39 is 0 Å². The number of aryl methyl sites for hydroxylation is 1. The summed E-state index contributed by atoms with van der Waals surface area (Å²) < 4.78 is 20.2. The van der Waals surface area contributed by atoms with Gasteiger partial charge in [0.25, 0.3) is 0 Å². The van der Waals surface area contributed by atoms with Gasteiger partial charge in [-0.2, -0.15) is 5.10 Å². The summed E-state index contributed by atoms with van der Waals surface area (Å²) in [6, 6.07) is 6.06. The molecule has 8 nitrogen and oxygen atoms in total. The number of benzene rings is 1. The molecule has 2 N–H and O–H groups in total. The molecule has 3 aromatic rings. The van der Waals surface area contributed by atoms with Gasteiger partial charge in [0.2, 0.25) is 5.89 Å². The first kappa shape index (κ1) is 21.8. The Labute approximate surface area is 179 Å². The van der Waals surface area contributed by atoms with Crippen molar-refractivity contribution >= 4 is 29.9 Å².